The number of carbonyl (C=O) groups excluding carboxylic acids is 1. The van der Waals surface area contributed by atoms with Crippen LogP contribution in [0.3, 0.4) is 0 Å². The van der Waals surface area contributed by atoms with E-state index in [2.05, 4.69) is 34.6 Å². The number of aryl methyl sites for hydroxylation is 1. The SMILES string of the molecule is COC(=O)c1ccc2c(c1)nc(C(F)(F)F)n2-c1cnc(NCc2snnc2C)cn1. The number of halogens is 3. The molecule has 1 N–H and O–H groups in total. The zero-order chi connectivity index (χ0) is 22.2. The predicted molar refractivity (Wildman–Crippen MR) is 105 cm³/mol. The highest BCUT2D eigenvalue weighted by molar-refractivity contribution is 7.05. The number of esters is 1. The van der Waals surface area contributed by atoms with E-state index in [0.717, 1.165) is 15.1 Å². The molecule has 0 atom stereocenters. The predicted octanol–water partition coefficient (Wildman–Crippen LogP) is 3.39. The lowest BCUT2D eigenvalue weighted by Gasteiger charge is -2.11. The van der Waals surface area contributed by atoms with Gasteiger partial charge in [-0.1, -0.05) is 4.49 Å². The van der Waals surface area contributed by atoms with E-state index in [1.54, 1.807) is 0 Å². The van der Waals surface area contributed by atoms with Crippen molar-refractivity contribution in [3.05, 3.63) is 52.6 Å². The van der Waals surface area contributed by atoms with Crippen LogP contribution in [0.1, 0.15) is 26.8 Å². The van der Waals surface area contributed by atoms with Gasteiger partial charge in [0.25, 0.3) is 0 Å². The Morgan fingerprint density at radius 2 is 2.06 bits per heavy atom. The first kappa shape index (κ1) is 20.7. The van der Waals surface area contributed by atoms with Gasteiger partial charge in [0.1, 0.15) is 5.82 Å². The Bertz CT molecular complexity index is 1250. The van der Waals surface area contributed by atoms with E-state index in [1.165, 1.54) is 49.2 Å². The molecule has 0 aliphatic carbocycles. The molecule has 0 saturated heterocycles. The van der Waals surface area contributed by atoms with Crippen molar-refractivity contribution in [2.45, 2.75) is 19.6 Å². The average Bonchev–Trinajstić information content (AvgIpc) is 3.34. The molecule has 13 heteroatoms. The van der Waals surface area contributed by atoms with Crippen LogP contribution in [-0.2, 0) is 17.5 Å². The number of alkyl halides is 3. The third kappa shape index (κ3) is 4.03. The summed E-state index contributed by atoms with van der Waals surface area (Å²) < 4.78 is 50.2. The van der Waals surface area contributed by atoms with Crippen LogP contribution in [0.25, 0.3) is 16.9 Å². The van der Waals surface area contributed by atoms with Gasteiger partial charge >= 0.3 is 12.1 Å². The third-order valence-corrected chi connectivity index (χ3v) is 5.20. The van der Waals surface area contributed by atoms with E-state index < -0.39 is 18.0 Å². The fourth-order valence-corrected chi connectivity index (χ4v) is 3.43. The molecule has 0 unspecified atom stereocenters. The number of nitrogens with one attached hydrogen (secondary N) is 1. The van der Waals surface area contributed by atoms with Crippen molar-refractivity contribution in [3.63, 3.8) is 0 Å². The second-order valence-corrected chi connectivity index (χ2v) is 7.20. The third-order valence-electron chi connectivity index (χ3n) is 4.37. The highest BCUT2D eigenvalue weighted by Gasteiger charge is 2.38. The van der Waals surface area contributed by atoms with Crippen LogP contribution in [0, 0.1) is 6.92 Å². The summed E-state index contributed by atoms with van der Waals surface area (Å²) in [4.78, 5) is 24.6. The summed E-state index contributed by atoms with van der Waals surface area (Å²) in [7, 11) is 1.18. The van der Waals surface area contributed by atoms with E-state index in [4.69, 9.17) is 0 Å². The van der Waals surface area contributed by atoms with E-state index in [0.29, 0.717) is 12.4 Å². The van der Waals surface area contributed by atoms with Crippen molar-refractivity contribution in [2.75, 3.05) is 12.4 Å². The van der Waals surface area contributed by atoms with Crippen molar-refractivity contribution >= 4 is 34.4 Å². The highest BCUT2D eigenvalue weighted by atomic mass is 32.1. The van der Waals surface area contributed by atoms with Gasteiger partial charge < -0.3 is 10.1 Å². The second kappa shape index (κ2) is 7.91. The van der Waals surface area contributed by atoms with Crippen LogP contribution < -0.4 is 5.32 Å². The summed E-state index contributed by atoms with van der Waals surface area (Å²) in [6.07, 6.45) is -2.21. The summed E-state index contributed by atoms with van der Waals surface area (Å²) in [6.45, 7) is 2.24. The summed E-state index contributed by atoms with van der Waals surface area (Å²) >= 11 is 1.24. The van der Waals surface area contributed by atoms with Gasteiger partial charge in [0.05, 0.1) is 53.2 Å². The monoisotopic (exact) mass is 449 g/mol. The highest BCUT2D eigenvalue weighted by Crippen LogP contribution is 2.33. The average molecular weight is 449 g/mol. The lowest BCUT2D eigenvalue weighted by molar-refractivity contribution is -0.145. The Hall–Kier alpha value is -3.61. The molecule has 0 aliphatic rings. The number of aromatic nitrogens is 6. The van der Waals surface area contributed by atoms with Crippen LogP contribution >= 0.6 is 11.5 Å². The number of hydrogen-bond acceptors (Lipinski definition) is 9. The molecule has 0 bridgehead atoms. The number of anilines is 1. The van der Waals surface area contributed by atoms with Gasteiger partial charge in [-0.25, -0.2) is 19.7 Å². The van der Waals surface area contributed by atoms with Crippen LogP contribution in [0.2, 0.25) is 0 Å². The molecular formula is C18H14F3N7O2S. The molecule has 0 spiro atoms. The number of methoxy groups -OCH3 is 1. The summed E-state index contributed by atoms with van der Waals surface area (Å²) in [5.41, 5.74) is 0.980. The molecule has 0 fully saturated rings. The summed E-state index contributed by atoms with van der Waals surface area (Å²) in [5.74, 6) is -1.54. The smallest absolute Gasteiger partial charge is 0.450 e. The van der Waals surface area contributed by atoms with Crippen molar-refractivity contribution in [2.24, 2.45) is 0 Å². The van der Waals surface area contributed by atoms with Gasteiger partial charge in [0, 0.05) is 0 Å². The maximum absolute atomic E-state index is 13.6. The minimum absolute atomic E-state index is 0.0209. The topological polar surface area (TPSA) is 108 Å². The van der Waals surface area contributed by atoms with Crippen LogP contribution in [0.15, 0.2) is 30.6 Å². The molecule has 0 radical (unpaired) electrons. The molecule has 3 heterocycles. The fourth-order valence-electron chi connectivity index (χ4n) is 2.86. The fraction of sp³-hybridized carbons (Fsp3) is 0.222. The van der Waals surface area contributed by atoms with Gasteiger partial charge in [-0.3, -0.25) is 4.57 Å². The van der Waals surface area contributed by atoms with Gasteiger partial charge in [-0.15, -0.1) is 5.10 Å². The zero-order valence-electron chi connectivity index (χ0n) is 16.1. The number of hydrogen-bond donors (Lipinski definition) is 1. The van der Waals surface area contributed by atoms with E-state index in [1.807, 2.05) is 6.92 Å². The summed E-state index contributed by atoms with van der Waals surface area (Å²) in [6, 6.07) is 3.96. The molecule has 0 aliphatic heterocycles. The minimum atomic E-state index is -4.75. The molecule has 4 rings (SSSR count). The first-order valence-corrected chi connectivity index (χ1v) is 9.57. The number of carbonyl (C=O) groups is 1. The number of fused-ring (bicyclic) bond motifs is 1. The quantitative estimate of drug-likeness (QED) is 0.462. The maximum Gasteiger partial charge on any atom is 0.450 e. The number of ether oxygens (including phenoxy) is 1. The number of imidazole rings is 1. The lowest BCUT2D eigenvalue weighted by atomic mass is 10.2. The first-order chi connectivity index (χ1) is 14.8. The number of rotatable bonds is 5. The van der Waals surface area contributed by atoms with Gasteiger partial charge in [0.15, 0.2) is 5.82 Å². The van der Waals surface area contributed by atoms with E-state index in [9.17, 15) is 18.0 Å². The van der Waals surface area contributed by atoms with Crippen molar-refractivity contribution in [1.82, 2.24) is 29.1 Å². The summed E-state index contributed by atoms with van der Waals surface area (Å²) in [5, 5.41) is 6.93. The zero-order valence-corrected chi connectivity index (χ0v) is 17.0. The van der Waals surface area contributed by atoms with Crippen LogP contribution in [0.4, 0.5) is 19.0 Å². The van der Waals surface area contributed by atoms with Crippen molar-refractivity contribution < 1.29 is 22.7 Å². The molecule has 9 nitrogen and oxygen atoms in total. The Morgan fingerprint density at radius 1 is 1.26 bits per heavy atom. The molecule has 1 aromatic carbocycles. The lowest BCUT2D eigenvalue weighted by Crippen LogP contribution is -2.15. The second-order valence-electron chi connectivity index (χ2n) is 6.36. The molecule has 0 amide bonds. The number of nitrogens with zero attached hydrogens (tertiary/aromatic N) is 6. The van der Waals surface area contributed by atoms with Crippen molar-refractivity contribution in [1.29, 1.82) is 0 Å². The van der Waals surface area contributed by atoms with E-state index in [-0.39, 0.29) is 22.4 Å². The Labute approximate surface area is 177 Å². The molecule has 3 aromatic heterocycles. The van der Waals surface area contributed by atoms with Crippen LogP contribution in [-0.4, -0.2) is 42.2 Å². The minimum Gasteiger partial charge on any atom is -0.465 e. The molecule has 31 heavy (non-hydrogen) atoms. The van der Waals surface area contributed by atoms with Gasteiger partial charge in [0.2, 0.25) is 5.82 Å². The standard InChI is InChI=1S/C18H14F3N7O2S/c1-9-13(31-27-26-9)6-22-14-7-24-15(8-23-14)28-12-4-3-10(16(29)30-2)5-11(12)25-17(28)18(19,20)21/h3-5,7-8H,6H2,1-2H3,(H,22,23). The molecule has 160 valence electrons. The Kier molecular flexibility index (Phi) is 5.27. The van der Waals surface area contributed by atoms with Gasteiger partial charge in [-0.05, 0) is 36.7 Å². The van der Waals surface area contributed by atoms with Gasteiger partial charge in [-0.2, -0.15) is 13.2 Å². The Morgan fingerprint density at radius 3 is 2.68 bits per heavy atom. The molecule has 4 aromatic rings. The van der Waals surface area contributed by atoms with Crippen molar-refractivity contribution in [3.8, 4) is 5.82 Å². The normalized spacial score (nSPS) is 11.6. The number of benzene rings is 1. The Balaban J connectivity index is 1.70. The van der Waals surface area contributed by atoms with E-state index >= 15 is 0 Å². The molecular weight excluding hydrogens is 435 g/mol. The maximum atomic E-state index is 13.6. The first-order valence-electron chi connectivity index (χ1n) is 8.80. The van der Waals surface area contributed by atoms with Crippen LogP contribution in [0.5, 0.6) is 0 Å². The largest absolute Gasteiger partial charge is 0.465 e. The molecule has 0 saturated carbocycles.